The molecule has 0 spiro atoms. The monoisotopic (exact) mass is 365 g/mol. The van der Waals surface area contributed by atoms with Crippen LogP contribution in [0.5, 0.6) is 0 Å². The van der Waals surface area contributed by atoms with Crippen LogP contribution in [0.25, 0.3) is 22.2 Å². The van der Waals surface area contributed by atoms with Gasteiger partial charge >= 0.3 is 0 Å². The summed E-state index contributed by atoms with van der Waals surface area (Å²) in [6, 6.07) is 10.9. The van der Waals surface area contributed by atoms with Crippen molar-refractivity contribution in [1.82, 2.24) is 15.8 Å². The van der Waals surface area contributed by atoms with Gasteiger partial charge in [0.05, 0.1) is 11.3 Å². The van der Waals surface area contributed by atoms with E-state index in [2.05, 4.69) is 15.8 Å². The minimum Gasteiger partial charge on any atom is -0.354 e. The van der Waals surface area contributed by atoms with E-state index in [9.17, 15) is 4.79 Å². The van der Waals surface area contributed by atoms with Gasteiger partial charge in [-0.2, -0.15) is 0 Å². The Kier molecular flexibility index (Phi) is 3.95. The lowest BCUT2D eigenvalue weighted by Crippen LogP contribution is -2.28. The van der Waals surface area contributed by atoms with Gasteiger partial charge in [0, 0.05) is 28.6 Å². The zero-order chi connectivity index (χ0) is 18.4. The Morgan fingerprint density at radius 2 is 2.07 bits per heavy atom. The molecule has 0 aliphatic carbocycles. The first-order chi connectivity index (χ1) is 13.2. The van der Waals surface area contributed by atoms with Crippen LogP contribution in [-0.4, -0.2) is 24.0 Å². The van der Waals surface area contributed by atoms with Gasteiger partial charge in [0.2, 0.25) is 0 Å². The van der Waals surface area contributed by atoms with Crippen LogP contribution in [-0.2, 0) is 11.4 Å². The Labute approximate surface area is 155 Å². The number of benzene rings is 2. The Hall–Kier alpha value is -2.70. The van der Waals surface area contributed by atoms with Crippen molar-refractivity contribution in [2.45, 2.75) is 25.4 Å². The third-order valence-corrected chi connectivity index (χ3v) is 5.58. The minimum absolute atomic E-state index is 0.186. The molecule has 3 N–H and O–H groups in total. The van der Waals surface area contributed by atoms with E-state index in [0.717, 1.165) is 48.0 Å². The van der Waals surface area contributed by atoms with E-state index in [1.165, 1.54) is 0 Å². The van der Waals surface area contributed by atoms with E-state index in [0.29, 0.717) is 22.7 Å². The van der Waals surface area contributed by atoms with Crippen LogP contribution in [0.2, 0.25) is 0 Å². The Balaban J connectivity index is 1.62. The van der Waals surface area contributed by atoms with E-state index in [4.69, 9.17) is 4.84 Å². The van der Waals surface area contributed by atoms with Crippen molar-refractivity contribution in [1.29, 1.82) is 0 Å². The highest BCUT2D eigenvalue weighted by atomic mass is 19.1. The molecule has 1 saturated heterocycles. The maximum absolute atomic E-state index is 15.1. The molecular formula is C21H20FN3O2. The Morgan fingerprint density at radius 3 is 2.89 bits per heavy atom. The van der Waals surface area contributed by atoms with Crippen molar-refractivity contribution in [3.8, 4) is 11.3 Å². The van der Waals surface area contributed by atoms with Crippen molar-refractivity contribution in [2.24, 2.45) is 0 Å². The number of rotatable bonds is 2. The molecule has 138 valence electrons. The lowest BCUT2D eigenvalue weighted by Gasteiger charge is -2.23. The molecule has 5 nitrogen and oxygen atoms in total. The van der Waals surface area contributed by atoms with Gasteiger partial charge in [0.15, 0.2) is 0 Å². The quantitative estimate of drug-likeness (QED) is 0.650. The third-order valence-electron chi connectivity index (χ3n) is 5.58. The largest absolute Gasteiger partial charge is 0.354 e. The number of H-pyrrole nitrogens is 1. The molecule has 3 heterocycles. The van der Waals surface area contributed by atoms with Gasteiger partial charge in [-0.3, -0.25) is 9.63 Å². The normalized spacial score (nSPS) is 19.7. The van der Waals surface area contributed by atoms with Crippen LogP contribution in [0.15, 0.2) is 36.4 Å². The molecule has 2 aromatic carbocycles. The molecule has 0 bridgehead atoms. The average molecular weight is 365 g/mol. The van der Waals surface area contributed by atoms with Crippen molar-refractivity contribution in [2.75, 3.05) is 13.1 Å². The first-order valence-electron chi connectivity index (χ1n) is 9.28. The van der Waals surface area contributed by atoms with E-state index in [1.54, 1.807) is 12.1 Å². The lowest BCUT2D eigenvalue weighted by atomic mass is 9.90. The number of amides is 1. The van der Waals surface area contributed by atoms with Crippen molar-refractivity contribution < 1.29 is 14.0 Å². The molecule has 1 atom stereocenters. The average Bonchev–Trinajstić information content (AvgIpc) is 2.97. The van der Waals surface area contributed by atoms with Crippen LogP contribution in [0.3, 0.4) is 0 Å². The van der Waals surface area contributed by atoms with Crippen molar-refractivity contribution in [3.63, 3.8) is 0 Å². The van der Waals surface area contributed by atoms with Crippen LogP contribution in [0.1, 0.15) is 40.2 Å². The summed E-state index contributed by atoms with van der Waals surface area (Å²) in [6.07, 6.45) is 2.19. The molecule has 2 aliphatic heterocycles. The second-order valence-corrected chi connectivity index (χ2v) is 7.21. The number of halogens is 1. The van der Waals surface area contributed by atoms with Crippen molar-refractivity contribution in [3.05, 3.63) is 58.9 Å². The molecule has 1 unspecified atom stereocenters. The fourth-order valence-corrected chi connectivity index (χ4v) is 4.23. The highest BCUT2D eigenvalue weighted by Crippen LogP contribution is 2.36. The summed E-state index contributed by atoms with van der Waals surface area (Å²) < 4.78 is 15.1. The third kappa shape index (κ3) is 2.72. The fourth-order valence-electron chi connectivity index (χ4n) is 4.23. The van der Waals surface area contributed by atoms with E-state index >= 15 is 4.39 Å². The second kappa shape index (κ2) is 6.48. The molecule has 0 radical (unpaired) electrons. The van der Waals surface area contributed by atoms with Crippen molar-refractivity contribution >= 4 is 16.8 Å². The van der Waals surface area contributed by atoms with Gasteiger partial charge in [-0.15, -0.1) is 0 Å². The van der Waals surface area contributed by atoms with Crippen LogP contribution >= 0.6 is 0 Å². The molecule has 6 heteroatoms. The van der Waals surface area contributed by atoms with Crippen LogP contribution in [0, 0.1) is 5.82 Å². The maximum atomic E-state index is 15.1. The molecule has 2 aliphatic rings. The first-order valence-corrected chi connectivity index (χ1v) is 9.28. The van der Waals surface area contributed by atoms with Gasteiger partial charge in [-0.25, -0.2) is 9.87 Å². The number of hydrogen-bond donors (Lipinski definition) is 3. The predicted octanol–water partition coefficient (Wildman–Crippen LogP) is 3.62. The summed E-state index contributed by atoms with van der Waals surface area (Å²) >= 11 is 0. The standard InChI is InChI=1S/C21H20FN3O2/c22-17-9-12(13-3-2-8-23-10-13)6-7-14(17)20-16-11-27-25-21(26)15-4-1-5-18(24-20)19(15)16/h1,4-7,9,13,23-24H,2-3,8,10-11H2,(H,25,26). The summed E-state index contributed by atoms with van der Waals surface area (Å²) in [7, 11) is 0. The zero-order valence-corrected chi connectivity index (χ0v) is 14.8. The van der Waals surface area contributed by atoms with Gasteiger partial charge < -0.3 is 10.3 Å². The van der Waals surface area contributed by atoms with Gasteiger partial charge in [-0.1, -0.05) is 12.1 Å². The minimum atomic E-state index is -0.287. The molecule has 3 aromatic rings. The summed E-state index contributed by atoms with van der Waals surface area (Å²) in [5.41, 5.74) is 6.76. The Bertz CT molecular complexity index is 1040. The molecular weight excluding hydrogens is 345 g/mol. The molecule has 5 rings (SSSR count). The smallest absolute Gasteiger partial charge is 0.275 e. The summed E-state index contributed by atoms with van der Waals surface area (Å²) in [5.74, 6) is -0.195. The predicted molar refractivity (Wildman–Crippen MR) is 101 cm³/mol. The SMILES string of the molecule is O=C1NOCc2c(-c3ccc(C4CCCNC4)cc3F)[nH]c3cccc1c23. The fraction of sp³-hybridized carbons (Fsp3) is 0.286. The maximum Gasteiger partial charge on any atom is 0.275 e. The molecule has 1 fully saturated rings. The second-order valence-electron chi connectivity index (χ2n) is 7.21. The highest BCUT2D eigenvalue weighted by molar-refractivity contribution is 6.09. The van der Waals surface area contributed by atoms with Gasteiger partial charge in [0.1, 0.15) is 12.4 Å². The van der Waals surface area contributed by atoms with Gasteiger partial charge in [0.25, 0.3) is 5.91 Å². The first kappa shape index (κ1) is 16.5. The number of carbonyl (C=O) groups is 1. The lowest BCUT2D eigenvalue weighted by molar-refractivity contribution is 0.0256. The number of carbonyl (C=O) groups excluding carboxylic acids is 1. The van der Waals surface area contributed by atoms with Gasteiger partial charge in [-0.05, 0) is 55.1 Å². The highest BCUT2D eigenvalue weighted by Gasteiger charge is 2.24. The molecule has 0 saturated carbocycles. The van der Waals surface area contributed by atoms with E-state index in [-0.39, 0.29) is 18.3 Å². The topological polar surface area (TPSA) is 66.2 Å². The van der Waals surface area contributed by atoms with E-state index in [1.807, 2.05) is 24.3 Å². The number of hydroxylamine groups is 1. The summed E-state index contributed by atoms with van der Waals surface area (Å²) in [5, 5.41) is 4.17. The summed E-state index contributed by atoms with van der Waals surface area (Å²) in [6.45, 7) is 2.11. The molecule has 1 aromatic heterocycles. The van der Waals surface area contributed by atoms with Crippen LogP contribution < -0.4 is 10.8 Å². The van der Waals surface area contributed by atoms with Crippen LogP contribution in [0.4, 0.5) is 4.39 Å². The number of piperidine rings is 1. The number of hydrogen-bond acceptors (Lipinski definition) is 3. The number of aromatic nitrogens is 1. The van der Waals surface area contributed by atoms with E-state index < -0.39 is 0 Å². The summed E-state index contributed by atoms with van der Waals surface area (Å²) in [4.78, 5) is 20.8. The molecule has 27 heavy (non-hydrogen) atoms. The zero-order valence-electron chi connectivity index (χ0n) is 14.8. The molecule has 1 amide bonds. The Morgan fingerprint density at radius 1 is 1.15 bits per heavy atom. The number of aromatic amines is 1. The number of nitrogens with one attached hydrogen (secondary N) is 3.